The Hall–Kier alpha value is -1.37. The summed E-state index contributed by atoms with van der Waals surface area (Å²) in [6, 6.07) is 13.7. The smallest absolute Gasteiger partial charge is 0.0852 e. The van der Waals surface area contributed by atoms with Crippen LogP contribution >= 0.6 is 0 Å². The number of hydrogen-bond donors (Lipinski definition) is 1. The highest BCUT2D eigenvalue weighted by molar-refractivity contribution is 5.36. The van der Waals surface area contributed by atoms with Crippen molar-refractivity contribution < 1.29 is 4.74 Å². The largest absolute Gasteiger partial charge is 0.375 e. The number of nitrogens with one attached hydrogen (secondary N) is 1. The Morgan fingerprint density at radius 2 is 1.86 bits per heavy atom. The van der Waals surface area contributed by atoms with Gasteiger partial charge in [0.15, 0.2) is 0 Å². The van der Waals surface area contributed by atoms with E-state index in [1.807, 2.05) is 18.2 Å². The number of benzene rings is 1. The maximum absolute atomic E-state index is 9.60. The van der Waals surface area contributed by atoms with Crippen molar-refractivity contribution in [2.45, 2.75) is 62.6 Å². The van der Waals surface area contributed by atoms with Crippen LogP contribution in [-0.2, 0) is 10.2 Å². The van der Waals surface area contributed by atoms with Gasteiger partial charge in [0, 0.05) is 18.7 Å². The van der Waals surface area contributed by atoms with Crippen LogP contribution < -0.4 is 5.32 Å². The van der Waals surface area contributed by atoms with Gasteiger partial charge in [-0.15, -0.1) is 0 Å². The number of ether oxygens (including phenoxy) is 1. The first-order valence-corrected chi connectivity index (χ1v) is 7.90. The second kappa shape index (κ2) is 5.44. The molecule has 3 nitrogen and oxygen atoms in total. The number of hydrogen-bond acceptors (Lipinski definition) is 3. The van der Waals surface area contributed by atoms with Crippen molar-refractivity contribution in [1.82, 2.24) is 5.32 Å². The molecule has 3 rings (SSSR count). The van der Waals surface area contributed by atoms with E-state index in [1.165, 1.54) is 0 Å². The third-order valence-corrected chi connectivity index (χ3v) is 4.90. The van der Waals surface area contributed by atoms with Crippen LogP contribution in [0.2, 0.25) is 0 Å². The molecule has 112 valence electrons. The van der Waals surface area contributed by atoms with Crippen LogP contribution in [-0.4, -0.2) is 24.3 Å². The summed E-state index contributed by atoms with van der Waals surface area (Å²) in [7, 11) is 0. The molecule has 1 aliphatic heterocycles. The Labute approximate surface area is 127 Å². The maximum Gasteiger partial charge on any atom is 0.0852 e. The van der Waals surface area contributed by atoms with Gasteiger partial charge in [0.05, 0.1) is 17.1 Å². The van der Waals surface area contributed by atoms with E-state index in [0.717, 1.165) is 37.9 Å². The third-order valence-electron chi connectivity index (χ3n) is 4.90. The summed E-state index contributed by atoms with van der Waals surface area (Å²) in [6.45, 7) is 5.15. The first-order chi connectivity index (χ1) is 10.0. The molecule has 0 spiro atoms. The van der Waals surface area contributed by atoms with Crippen molar-refractivity contribution >= 4 is 0 Å². The van der Waals surface area contributed by atoms with E-state index in [-0.39, 0.29) is 11.0 Å². The van der Waals surface area contributed by atoms with E-state index in [9.17, 15) is 5.26 Å². The Morgan fingerprint density at radius 3 is 2.48 bits per heavy atom. The summed E-state index contributed by atoms with van der Waals surface area (Å²) in [5.74, 6) is 0. The zero-order valence-electron chi connectivity index (χ0n) is 12.9. The molecule has 1 aliphatic carbocycles. The Kier molecular flexibility index (Phi) is 3.77. The zero-order valence-corrected chi connectivity index (χ0v) is 12.9. The summed E-state index contributed by atoms with van der Waals surface area (Å²) in [6.07, 6.45) is 3.97. The lowest BCUT2D eigenvalue weighted by molar-refractivity contribution is -0.0661. The Bertz CT molecular complexity index is 526. The number of rotatable bonds is 3. The molecule has 1 atom stereocenters. The molecular weight excluding hydrogens is 260 g/mol. The predicted molar refractivity (Wildman–Crippen MR) is 82.9 cm³/mol. The van der Waals surface area contributed by atoms with Crippen LogP contribution in [0.1, 0.15) is 45.1 Å². The fourth-order valence-corrected chi connectivity index (χ4v) is 3.76. The van der Waals surface area contributed by atoms with Gasteiger partial charge in [0.2, 0.25) is 0 Å². The Morgan fingerprint density at radius 1 is 1.14 bits per heavy atom. The molecule has 0 amide bonds. The van der Waals surface area contributed by atoms with Crippen LogP contribution in [0.25, 0.3) is 0 Å². The van der Waals surface area contributed by atoms with Gasteiger partial charge in [0.1, 0.15) is 0 Å². The molecule has 1 saturated carbocycles. The summed E-state index contributed by atoms with van der Waals surface area (Å²) in [5.41, 5.74) is 0.864. The van der Waals surface area contributed by atoms with Crippen LogP contribution in [0, 0.1) is 11.3 Å². The maximum atomic E-state index is 9.60. The van der Waals surface area contributed by atoms with Crippen LogP contribution in [0.15, 0.2) is 30.3 Å². The summed E-state index contributed by atoms with van der Waals surface area (Å²) in [4.78, 5) is 0. The normalized spacial score (nSPS) is 34.7. The third kappa shape index (κ3) is 2.97. The van der Waals surface area contributed by atoms with Gasteiger partial charge in [-0.05, 0) is 45.1 Å². The second-order valence-corrected chi connectivity index (χ2v) is 7.13. The predicted octanol–water partition coefficient (Wildman–Crippen LogP) is 3.16. The van der Waals surface area contributed by atoms with Gasteiger partial charge in [-0.3, -0.25) is 0 Å². The van der Waals surface area contributed by atoms with Crippen LogP contribution in [0.3, 0.4) is 0 Å². The van der Waals surface area contributed by atoms with Gasteiger partial charge in [-0.1, -0.05) is 30.3 Å². The molecule has 1 unspecified atom stereocenters. The summed E-state index contributed by atoms with van der Waals surface area (Å²) < 4.78 is 5.77. The minimum atomic E-state index is -0.278. The lowest BCUT2D eigenvalue weighted by Crippen LogP contribution is -2.56. The highest BCUT2D eigenvalue weighted by Crippen LogP contribution is 2.44. The van der Waals surface area contributed by atoms with Gasteiger partial charge < -0.3 is 10.1 Å². The van der Waals surface area contributed by atoms with Crippen molar-refractivity contribution in [3.05, 3.63) is 35.9 Å². The molecular formula is C18H24N2O. The number of nitrogens with zero attached hydrogens (tertiary/aromatic N) is 1. The van der Waals surface area contributed by atoms with Crippen molar-refractivity contribution in [2.24, 2.45) is 0 Å². The lowest BCUT2D eigenvalue weighted by Gasteiger charge is -2.46. The van der Waals surface area contributed by atoms with Gasteiger partial charge in [0.25, 0.3) is 0 Å². The summed E-state index contributed by atoms with van der Waals surface area (Å²) >= 11 is 0. The highest BCUT2D eigenvalue weighted by atomic mass is 16.5. The van der Waals surface area contributed by atoms with Crippen molar-refractivity contribution in [3.63, 3.8) is 0 Å². The molecule has 3 heteroatoms. The van der Waals surface area contributed by atoms with E-state index < -0.39 is 0 Å². The molecule has 1 aromatic carbocycles. The fraction of sp³-hybridized carbons (Fsp3) is 0.611. The monoisotopic (exact) mass is 284 g/mol. The Balaban J connectivity index is 1.59. The van der Waals surface area contributed by atoms with E-state index in [0.29, 0.717) is 12.1 Å². The summed E-state index contributed by atoms with van der Waals surface area (Å²) in [5, 5.41) is 13.3. The van der Waals surface area contributed by atoms with E-state index in [2.05, 4.69) is 37.4 Å². The zero-order chi connectivity index (χ0) is 14.9. The minimum Gasteiger partial charge on any atom is -0.375 e. The molecule has 1 aromatic rings. The average molecular weight is 284 g/mol. The minimum absolute atomic E-state index is 0.0224. The van der Waals surface area contributed by atoms with Crippen molar-refractivity contribution in [3.8, 4) is 6.07 Å². The van der Waals surface area contributed by atoms with Crippen molar-refractivity contribution in [1.29, 1.82) is 5.26 Å². The number of nitriles is 1. The fourth-order valence-electron chi connectivity index (χ4n) is 3.76. The topological polar surface area (TPSA) is 45.0 Å². The molecule has 1 heterocycles. The van der Waals surface area contributed by atoms with Gasteiger partial charge in [-0.2, -0.15) is 5.26 Å². The van der Waals surface area contributed by atoms with E-state index in [1.54, 1.807) is 0 Å². The molecule has 21 heavy (non-hydrogen) atoms. The average Bonchev–Trinajstić information content (AvgIpc) is 2.42. The van der Waals surface area contributed by atoms with Gasteiger partial charge in [-0.25, -0.2) is 0 Å². The highest BCUT2D eigenvalue weighted by Gasteiger charge is 2.46. The first kappa shape index (κ1) is 14.6. The van der Waals surface area contributed by atoms with Crippen LogP contribution in [0.4, 0.5) is 0 Å². The molecule has 1 N–H and O–H groups in total. The lowest BCUT2D eigenvalue weighted by atomic mass is 9.62. The van der Waals surface area contributed by atoms with E-state index >= 15 is 0 Å². The molecule has 0 bridgehead atoms. The molecule has 0 radical (unpaired) electrons. The van der Waals surface area contributed by atoms with Crippen LogP contribution in [0.5, 0.6) is 0 Å². The molecule has 2 aliphatic rings. The quantitative estimate of drug-likeness (QED) is 0.927. The SMILES string of the molecule is CC1(C)CC(NC2CC(C#N)(c3ccccc3)C2)CCO1. The molecule has 0 aromatic heterocycles. The van der Waals surface area contributed by atoms with Crippen molar-refractivity contribution in [2.75, 3.05) is 6.61 Å². The second-order valence-electron chi connectivity index (χ2n) is 7.13. The van der Waals surface area contributed by atoms with Gasteiger partial charge >= 0.3 is 0 Å². The van der Waals surface area contributed by atoms with E-state index in [4.69, 9.17) is 4.74 Å². The molecule has 2 fully saturated rings. The molecule has 1 saturated heterocycles. The first-order valence-electron chi connectivity index (χ1n) is 7.90. The standard InChI is InChI=1S/C18H24N2O/c1-17(2)10-15(8-9-21-17)20-16-11-18(12-16,13-19)14-6-4-3-5-7-14/h3-7,15-16,20H,8-12H2,1-2H3.